The van der Waals surface area contributed by atoms with Crippen molar-refractivity contribution in [1.82, 2.24) is 15.2 Å². The number of carbonyl (C=O) groups is 2. The zero-order valence-electron chi connectivity index (χ0n) is 10.2. The van der Waals surface area contributed by atoms with Crippen LogP contribution in [0, 0.1) is 0 Å². The summed E-state index contributed by atoms with van der Waals surface area (Å²) in [4.78, 5) is 29.2. The predicted molar refractivity (Wildman–Crippen MR) is 67.0 cm³/mol. The predicted octanol–water partition coefficient (Wildman–Crippen LogP) is 1.96. The van der Waals surface area contributed by atoms with E-state index in [9.17, 15) is 9.59 Å². The van der Waals surface area contributed by atoms with Crippen LogP contribution in [0.4, 0.5) is 4.79 Å². The largest absolute Gasteiger partial charge is 0.325 e. The Balaban J connectivity index is 2.20. The van der Waals surface area contributed by atoms with Crippen LogP contribution >= 0.6 is 11.6 Å². The molecule has 0 radical (unpaired) electrons. The molecule has 3 amide bonds. The first-order valence-electron chi connectivity index (χ1n) is 5.71. The molecule has 0 aromatic carbocycles. The van der Waals surface area contributed by atoms with E-state index in [2.05, 4.69) is 10.3 Å². The maximum absolute atomic E-state index is 12.1. The Kier molecular flexibility index (Phi) is 3.26. The molecule has 1 fully saturated rings. The van der Waals surface area contributed by atoms with Gasteiger partial charge in [0.05, 0.1) is 12.2 Å². The molecule has 0 aliphatic carbocycles. The van der Waals surface area contributed by atoms with E-state index in [1.54, 1.807) is 25.3 Å². The lowest BCUT2D eigenvalue weighted by Gasteiger charge is -2.19. The van der Waals surface area contributed by atoms with Crippen molar-refractivity contribution < 1.29 is 9.59 Å². The molecule has 18 heavy (non-hydrogen) atoms. The van der Waals surface area contributed by atoms with Crippen molar-refractivity contribution in [2.45, 2.75) is 32.4 Å². The van der Waals surface area contributed by atoms with Gasteiger partial charge in [-0.1, -0.05) is 18.5 Å². The monoisotopic (exact) mass is 267 g/mol. The van der Waals surface area contributed by atoms with Crippen molar-refractivity contribution in [2.24, 2.45) is 0 Å². The molecule has 1 aromatic heterocycles. The highest BCUT2D eigenvalue weighted by Gasteiger charge is 2.46. The SMILES string of the molecule is CCC1(C)NC(=O)N(Cc2cc(Cl)ccn2)C1=O. The van der Waals surface area contributed by atoms with Crippen LogP contribution in [0.2, 0.25) is 5.02 Å². The molecule has 0 spiro atoms. The third-order valence-electron chi connectivity index (χ3n) is 3.15. The molecule has 1 saturated heterocycles. The number of urea groups is 1. The van der Waals surface area contributed by atoms with E-state index >= 15 is 0 Å². The van der Waals surface area contributed by atoms with Crippen LogP contribution in [0.25, 0.3) is 0 Å². The minimum atomic E-state index is -0.810. The van der Waals surface area contributed by atoms with Gasteiger partial charge in [0.1, 0.15) is 5.54 Å². The van der Waals surface area contributed by atoms with Gasteiger partial charge in [-0.3, -0.25) is 14.7 Å². The van der Waals surface area contributed by atoms with Crippen LogP contribution in [0.1, 0.15) is 26.0 Å². The van der Waals surface area contributed by atoms with Gasteiger partial charge in [-0.2, -0.15) is 0 Å². The van der Waals surface area contributed by atoms with Crippen molar-refractivity contribution in [2.75, 3.05) is 0 Å². The zero-order valence-corrected chi connectivity index (χ0v) is 11.0. The van der Waals surface area contributed by atoms with Gasteiger partial charge in [0.15, 0.2) is 0 Å². The fourth-order valence-electron chi connectivity index (χ4n) is 1.83. The van der Waals surface area contributed by atoms with E-state index in [4.69, 9.17) is 11.6 Å². The minimum absolute atomic E-state index is 0.140. The van der Waals surface area contributed by atoms with Crippen molar-refractivity contribution in [1.29, 1.82) is 0 Å². The topological polar surface area (TPSA) is 62.3 Å². The Hall–Kier alpha value is -1.62. The molecular weight excluding hydrogens is 254 g/mol. The molecule has 1 N–H and O–H groups in total. The number of hydrogen-bond donors (Lipinski definition) is 1. The van der Waals surface area contributed by atoms with Crippen LogP contribution < -0.4 is 5.32 Å². The summed E-state index contributed by atoms with van der Waals surface area (Å²) in [5, 5.41) is 3.22. The van der Waals surface area contributed by atoms with Crippen LogP contribution in [-0.4, -0.2) is 27.4 Å². The number of aromatic nitrogens is 1. The lowest BCUT2D eigenvalue weighted by atomic mass is 9.99. The van der Waals surface area contributed by atoms with E-state index in [-0.39, 0.29) is 18.5 Å². The highest BCUT2D eigenvalue weighted by molar-refractivity contribution is 6.30. The van der Waals surface area contributed by atoms with E-state index in [0.717, 1.165) is 0 Å². The number of pyridine rings is 1. The third kappa shape index (κ3) is 2.18. The van der Waals surface area contributed by atoms with Gasteiger partial charge in [-0.05, 0) is 25.5 Å². The molecule has 2 heterocycles. The standard InChI is InChI=1S/C12H14ClN3O2/c1-3-12(2)10(17)16(11(18)15-12)7-9-6-8(13)4-5-14-9/h4-6H,3,7H2,1-2H3,(H,15,18). The van der Waals surface area contributed by atoms with Crippen molar-refractivity contribution >= 4 is 23.5 Å². The van der Waals surface area contributed by atoms with Crippen molar-refractivity contribution in [3.8, 4) is 0 Å². The molecule has 1 aliphatic rings. The van der Waals surface area contributed by atoms with E-state index in [0.29, 0.717) is 17.1 Å². The summed E-state index contributed by atoms with van der Waals surface area (Å²) in [6, 6.07) is 2.91. The van der Waals surface area contributed by atoms with Gasteiger partial charge >= 0.3 is 6.03 Å². The number of imide groups is 1. The van der Waals surface area contributed by atoms with Gasteiger partial charge in [-0.15, -0.1) is 0 Å². The van der Waals surface area contributed by atoms with Gasteiger partial charge in [0.2, 0.25) is 0 Å². The first-order valence-corrected chi connectivity index (χ1v) is 6.08. The molecule has 6 heteroatoms. The van der Waals surface area contributed by atoms with Gasteiger partial charge < -0.3 is 5.32 Å². The number of hydrogen-bond acceptors (Lipinski definition) is 3. The number of nitrogens with one attached hydrogen (secondary N) is 1. The Morgan fingerprint density at radius 3 is 2.78 bits per heavy atom. The van der Waals surface area contributed by atoms with Crippen molar-refractivity contribution in [3.05, 3.63) is 29.0 Å². The van der Waals surface area contributed by atoms with Crippen LogP contribution in [-0.2, 0) is 11.3 Å². The molecule has 2 rings (SSSR count). The second-order valence-electron chi connectivity index (χ2n) is 4.47. The van der Waals surface area contributed by atoms with Gasteiger partial charge in [0, 0.05) is 11.2 Å². The summed E-state index contributed by atoms with van der Waals surface area (Å²) in [6.07, 6.45) is 2.10. The minimum Gasteiger partial charge on any atom is -0.323 e. The maximum Gasteiger partial charge on any atom is 0.325 e. The van der Waals surface area contributed by atoms with Crippen LogP contribution in [0.3, 0.4) is 0 Å². The summed E-state index contributed by atoms with van der Waals surface area (Å²) in [5.74, 6) is -0.225. The number of halogens is 1. The quantitative estimate of drug-likeness (QED) is 0.852. The Morgan fingerprint density at radius 1 is 1.50 bits per heavy atom. The summed E-state index contributed by atoms with van der Waals surface area (Å²) in [5.41, 5.74) is -0.221. The average Bonchev–Trinajstić information content (AvgIpc) is 2.54. The lowest BCUT2D eigenvalue weighted by molar-refractivity contribution is -0.131. The maximum atomic E-state index is 12.1. The fourth-order valence-corrected chi connectivity index (χ4v) is 2.01. The lowest BCUT2D eigenvalue weighted by Crippen LogP contribution is -2.43. The number of nitrogens with zero attached hydrogens (tertiary/aromatic N) is 2. The summed E-state index contributed by atoms with van der Waals surface area (Å²) in [6.45, 7) is 3.72. The summed E-state index contributed by atoms with van der Waals surface area (Å²) >= 11 is 5.84. The van der Waals surface area contributed by atoms with Gasteiger partial charge in [0.25, 0.3) is 5.91 Å². The second-order valence-corrected chi connectivity index (χ2v) is 4.91. The molecule has 1 aromatic rings. The molecule has 1 aliphatic heterocycles. The molecular formula is C12H14ClN3O2. The Morgan fingerprint density at radius 2 is 2.22 bits per heavy atom. The highest BCUT2D eigenvalue weighted by Crippen LogP contribution is 2.22. The Labute approximate surface area is 110 Å². The fraction of sp³-hybridized carbons (Fsp3) is 0.417. The van der Waals surface area contributed by atoms with E-state index in [1.165, 1.54) is 4.90 Å². The molecule has 1 atom stereocenters. The first-order chi connectivity index (χ1) is 8.46. The third-order valence-corrected chi connectivity index (χ3v) is 3.39. The Bertz CT molecular complexity index is 506. The summed E-state index contributed by atoms with van der Waals surface area (Å²) < 4.78 is 0. The highest BCUT2D eigenvalue weighted by atomic mass is 35.5. The average molecular weight is 268 g/mol. The number of amides is 3. The normalized spacial score (nSPS) is 23.4. The van der Waals surface area contributed by atoms with Crippen LogP contribution in [0.5, 0.6) is 0 Å². The molecule has 5 nitrogen and oxygen atoms in total. The smallest absolute Gasteiger partial charge is 0.323 e. The molecule has 0 bridgehead atoms. The molecule has 96 valence electrons. The van der Waals surface area contributed by atoms with Crippen molar-refractivity contribution in [3.63, 3.8) is 0 Å². The molecule has 1 unspecified atom stereocenters. The van der Waals surface area contributed by atoms with Crippen LogP contribution in [0.15, 0.2) is 18.3 Å². The van der Waals surface area contributed by atoms with Gasteiger partial charge in [-0.25, -0.2) is 4.79 Å². The molecule has 0 saturated carbocycles. The number of carbonyl (C=O) groups excluding carboxylic acids is 2. The van der Waals surface area contributed by atoms with E-state index < -0.39 is 5.54 Å². The first kappa shape index (κ1) is 12.8. The number of rotatable bonds is 3. The second kappa shape index (κ2) is 4.57. The summed E-state index contributed by atoms with van der Waals surface area (Å²) in [7, 11) is 0. The van der Waals surface area contributed by atoms with E-state index in [1.807, 2.05) is 6.92 Å². The zero-order chi connectivity index (χ0) is 13.3.